The van der Waals surface area contributed by atoms with Crippen molar-refractivity contribution >= 4 is 41.1 Å². The van der Waals surface area contributed by atoms with Crippen LogP contribution in [0.5, 0.6) is 0 Å². The van der Waals surface area contributed by atoms with E-state index in [9.17, 15) is 13.2 Å². The van der Waals surface area contributed by atoms with Gasteiger partial charge in [-0.05, 0) is 30.9 Å². The molecule has 0 spiro atoms. The van der Waals surface area contributed by atoms with Gasteiger partial charge in [0.05, 0.1) is 11.9 Å². The van der Waals surface area contributed by atoms with E-state index < -0.39 is 24.1 Å². The molecule has 2 aromatic rings. The van der Waals surface area contributed by atoms with Gasteiger partial charge in [-0.3, -0.25) is 5.32 Å². The third-order valence-corrected chi connectivity index (χ3v) is 9.75. The van der Waals surface area contributed by atoms with Crippen LogP contribution in [-0.2, 0) is 21.5 Å². The number of hydrogen-bond acceptors (Lipinski definition) is 6. The number of hydrogen-bond donors (Lipinski definition) is 2. The predicted molar refractivity (Wildman–Crippen MR) is 142 cm³/mol. The van der Waals surface area contributed by atoms with Crippen LogP contribution in [0.1, 0.15) is 33.1 Å². The van der Waals surface area contributed by atoms with Gasteiger partial charge >= 0.3 is 6.03 Å². The van der Waals surface area contributed by atoms with Crippen molar-refractivity contribution in [2.24, 2.45) is 5.92 Å². The summed E-state index contributed by atoms with van der Waals surface area (Å²) in [4.78, 5) is 21.6. The monoisotopic (exact) mass is 524 g/mol. The number of aromatic nitrogens is 3. The molecular weight excluding hydrogens is 484 g/mol. The third-order valence-electron chi connectivity index (χ3n) is 5.84. The molecule has 3 rings (SSSR count). The molecule has 0 aromatic carbocycles. The van der Waals surface area contributed by atoms with Crippen LogP contribution in [0.2, 0.25) is 25.7 Å². The second-order valence-corrected chi connectivity index (χ2v) is 18.6. The molecule has 0 radical (unpaired) electrons. The van der Waals surface area contributed by atoms with Crippen LogP contribution in [-0.4, -0.2) is 72.9 Å². The molecule has 1 aliphatic rings. The number of urea groups is 1. The second-order valence-electron chi connectivity index (χ2n) is 10.9. The normalized spacial score (nSPS) is 18.1. The maximum atomic E-state index is 12.7. The average Bonchev–Trinajstić information content (AvgIpc) is 2.97. The van der Waals surface area contributed by atoms with E-state index >= 15 is 0 Å². The summed E-state index contributed by atoms with van der Waals surface area (Å²) in [7, 11) is -4.48. The van der Waals surface area contributed by atoms with Gasteiger partial charge < -0.3 is 14.6 Å². The Hall–Kier alpha value is -2.02. The van der Waals surface area contributed by atoms with Crippen molar-refractivity contribution in [3.05, 3.63) is 18.5 Å². The Morgan fingerprint density at radius 3 is 2.77 bits per heavy atom. The van der Waals surface area contributed by atoms with Gasteiger partial charge in [-0.25, -0.2) is 23.2 Å². The molecule has 1 fully saturated rings. The Morgan fingerprint density at radius 2 is 2.06 bits per heavy atom. The fourth-order valence-corrected chi connectivity index (χ4v) is 6.63. The Balaban J connectivity index is 1.56. The van der Waals surface area contributed by atoms with Crippen molar-refractivity contribution in [1.29, 1.82) is 0 Å². The van der Waals surface area contributed by atoms with E-state index in [0.29, 0.717) is 30.3 Å². The van der Waals surface area contributed by atoms with E-state index in [2.05, 4.69) is 40.2 Å². The molecule has 2 aromatic heterocycles. The van der Waals surface area contributed by atoms with Gasteiger partial charge in [0.25, 0.3) is 0 Å². The fraction of sp³-hybridized carbons (Fsp3) is 0.696. The zero-order valence-corrected chi connectivity index (χ0v) is 23.4. The maximum absolute atomic E-state index is 12.7. The molecule has 1 unspecified atom stereocenters. The zero-order valence-electron chi connectivity index (χ0n) is 21.6. The van der Waals surface area contributed by atoms with Crippen molar-refractivity contribution < 1.29 is 17.9 Å². The van der Waals surface area contributed by atoms with E-state index in [1.165, 1.54) is 10.5 Å². The quantitative estimate of drug-likeness (QED) is 0.361. The molecule has 0 bridgehead atoms. The molecule has 1 saturated heterocycles. The summed E-state index contributed by atoms with van der Waals surface area (Å²) in [6.07, 6.45) is 5.77. The number of carbonyl (C=O) groups is 1. The molecule has 0 saturated carbocycles. The number of fused-ring (bicyclic) bond motifs is 1. The molecule has 3 heterocycles. The topological polar surface area (TPSA) is 118 Å². The van der Waals surface area contributed by atoms with E-state index in [4.69, 9.17) is 4.74 Å². The summed E-state index contributed by atoms with van der Waals surface area (Å²) in [5.74, 6) is 0.508. The molecule has 1 aliphatic heterocycles. The van der Waals surface area contributed by atoms with Crippen LogP contribution in [0, 0.1) is 5.92 Å². The molecular formula is C23H40N6O4SSi. The first-order valence-corrected chi connectivity index (χ1v) is 17.7. The van der Waals surface area contributed by atoms with Crippen LogP contribution in [0.25, 0.3) is 11.2 Å². The average molecular weight is 525 g/mol. The van der Waals surface area contributed by atoms with Crippen LogP contribution in [0.3, 0.4) is 0 Å². The van der Waals surface area contributed by atoms with Gasteiger partial charge in [-0.1, -0.05) is 39.9 Å². The molecule has 10 nitrogen and oxygen atoms in total. The van der Waals surface area contributed by atoms with Gasteiger partial charge in [0, 0.05) is 40.0 Å². The summed E-state index contributed by atoms with van der Waals surface area (Å²) in [5.41, 5.74) is 1.36. The minimum atomic E-state index is -3.34. The molecule has 1 atom stereocenters. The highest BCUT2D eigenvalue weighted by molar-refractivity contribution is 7.89. The Morgan fingerprint density at radius 1 is 1.29 bits per heavy atom. The van der Waals surface area contributed by atoms with Gasteiger partial charge in [0.15, 0.2) is 11.5 Å². The standard InChI is InChI=1S/C23H40N6O4SSi/c1-18(2)16-34(31,32)29-10-7-6-8-19(15-29)25-23(30)27-21-14-24-22-20(26-21)9-11-28(22)17-33-12-13-35(3,4)5/h9,11,14,18-19H,6-8,10,12-13,15-17H2,1-5H3,(H2,25,26,27,30). The minimum absolute atomic E-state index is 0.0537. The SMILES string of the molecule is CC(C)CS(=O)(=O)N1CCCCC(NC(=O)Nc2cnc3c(ccn3COCC[Si](C)(C)C)n2)C1. The molecule has 12 heteroatoms. The van der Waals surface area contributed by atoms with Crippen molar-refractivity contribution in [3.8, 4) is 0 Å². The van der Waals surface area contributed by atoms with Crippen LogP contribution in [0.15, 0.2) is 18.5 Å². The number of nitrogens with zero attached hydrogens (tertiary/aromatic N) is 4. The number of amides is 2. The highest BCUT2D eigenvalue weighted by Crippen LogP contribution is 2.18. The number of sulfonamides is 1. The van der Waals surface area contributed by atoms with E-state index in [1.807, 2.05) is 30.7 Å². The van der Waals surface area contributed by atoms with Crippen molar-refractivity contribution in [2.75, 3.05) is 30.8 Å². The first kappa shape index (κ1) is 27.6. The lowest BCUT2D eigenvalue weighted by molar-refractivity contribution is 0.0899. The van der Waals surface area contributed by atoms with Crippen molar-refractivity contribution in [2.45, 2.75) is 71.6 Å². The zero-order chi connectivity index (χ0) is 25.6. The lowest BCUT2D eigenvalue weighted by Gasteiger charge is -2.25. The molecule has 2 N–H and O–H groups in total. The molecule has 35 heavy (non-hydrogen) atoms. The predicted octanol–water partition coefficient (Wildman–Crippen LogP) is 3.71. The Bertz CT molecular complexity index is 1100. The number of ether oxygens (including phenoxy) is 1. The first-order chi connectivity index (χ1) is 16.4. The van der Waals surface area contributed by atoms with Crippen LogP contribution < -0.4 is 10.6 Å². The molecule has 196 valence electrons. The second kappa shape index (κ2) is 11.8. The highest BCUT2D eigenvalue weighted by atomic mass is 32.2. The summed E-state index contributed by atoms with van der Waals surface area (Å²) in [5, 5.41) is 5.65. The van der Waals surface area contributed by atoms with Gasteiger partial charge in [0.2, 0.25) is 10.0 Å². The maximum Gasteiger partial charge on any atom is 0.320 e. The van der Waals surface area contributed by atoms with Crippen LogP contribution >= 0.6 is 0 Å². The van der Waals surface area contributed by atoms with Gasteiger partial charge in [0.1, 0.15) is 12.2 Å². The number of rotatable bonds is 10. The summed E-state index contributed by atoms with van der Waals surface area (Å²) in [6, 6.07) is 2.27. The van der Waals surface area contributed by atoms with Gasteiger partial charge in [-0.2, -0.15) is 4.31 Å². The largest absolute Gasteiger partial charge is 0.361 e. The highest BCUT2D eigenvalue weighted by Gasteiger charge is 2.28. The minimum Gasteiger partial charge on any atom is -0.361 e. The van der Waals surface area contributed by atoms with E-state index in [0.717, 1.165) is 31.9 Å². The summed E-state index contributed by atoms with van der Waals surface area (Å²) in [6.45, 7) is 12.7. The van der Waals surface area contributed by atoms with Gasteiger partial charge in [-0.15, -0.1) is 0 Å². The third kappa shape index (κ3) is 8.55. The van der Waals surface area contributed by atoms with Crippen LogP contribution in [0.4, 0.5) is 10.6 Å². The van der Waals surface area contributed by atoms with Crippen molar-refractivity contribution in [1.82, 2.24) is 24.2 Å². The smallest absolute Gasteiger partial charge is 0.320 e. The number of carbonyl (C=O) groups excluding carboxylic acids is 1. The Kier molecular flexibility index (Phi) is 9.30. The summed E-state index contributed by atoms with van der Waals surface area (Å²) >= 11 is 0. The molecule has 0 aliphatic carbocycles. The number of anilines is 1. The fourth-order valence-electron chi connectivity index (χ4n) is 4.01. The van der Waals surface area contributed by atoms with Crippen molar-refractivity contribution in [3.63, 3.8) is 0 Å². The van der Waals surface area contributed by atoms with E-state index in [-0.39, 0.29) is 24.3 Å². The lowest BCUT2D eigenvalue weighted by Crippen LogP contribution is -2.46. The molecule has 2 amide bonds. The number of nitrogens with one attached hydrogen (secondary N) is 2. The lowest BCUT2D eigenvalue weighted by atomic mass is 10.1. The first-order valence-electron chi connectivity index (χ1n) is 12.4. The Labute approximate surface area is 209 Å². The van der Waals surface area contributed by atoms with E-state index in [1.54, 1.807) is 0 Å². The summed E-state index contributed by atoms with van der Waals surface area (Å²) < 4.78 is 34.6.